The third kappa shape index (κ3) is 3.73. The Morgan fingerprint density at radius 2 is 2.14 bits per heavy atom. The molecule has 0 atom stereocenters. The second-order valence-corrected chi connectivity index (χ2v) is 5.53. The van der Waals surface area contributed by atoms with E-state index in [0.29, 0.717) is 22.8 Å². The van der Waals surface area contributed by atoms with Gasteiger partial charge in [0.25, 0.3) is 5.91 Å². The number of nitrogens with two attached hydrogens (primary N) is 1. The Morgan fingerprint density at radius 1 is 1.38 bits per heavy atom. The molecule has 2 N–H and O–H groups in total. The monoisotopic (exact) mass is 303 g/mol. The molecule has 5 heteroatoms. The molecule has 0 aliphatic heterocycles. The average molecular weight is 304 g/mol. The lowest BCUT2D eigenvalue weighted by molar-refractivity contribution is 0.0690. The summed E-state index contributed by atoms with van der Waals surface area (Å²) in [4.78, 5) is 18.5. The third-order valence-corrected chi connectivity index (χ3v) is 3.50. The highest BCUT2D eigenvalue weighted by Gasteiger charge is 2.21. The van der Waals surface area contributed by atoms with Crippen molar-refractivity contribution < 1.29 is 4.79 Å². The topological polar surface area (TPSA) is 59.2 Å². The van der Waals surface area contributed by atoms with Crippen LogP contribution < -0.4 is 5.73 Å². The molecule has 0 fully saturated rings. The number of halogens is 1. The van der Waals surface area contributed by atoms with Crippen LogP contribution in [0.1, 0.15) is 29.8 Å². The minimum atomic E-state index is -0.112. The highest BCUT2D eigenvalue weighted by Crippen LogP contribution is 2.22. The number of carbonyl (C=O) groups is 1. The minimum Gasteiger partial charge on any atom is -0.399 e. The van der Waals surface area contributed by atoms with Crippen LogP contribution in [0.5, 0.6) is 0 Å². The summed E-state index contributed by atoms with van der Waals surface area (Å²) in [7, 11) is 0. The second-order valence-electron chi connectivity index (χ2n) is 5.13. The minimum absolute atomic E-state index is 0.0475. The van der Waals surface area contributed by atoms with Gasteiger partial charge in [-0.3, -0.25) is 9.78 Å². The van der Waals surface area contributed by atoms with Crippen molar-refractivity contribution in [2.24, 2.45) is 0 Å². The van der Waals surface area contributed by atoms with Crippen LogP contribution in [0.2, 0.25) is 5.02 Å². The molecule has 2 rings (SSSR count). The van der Waals surface area contributed by atoms with Gasteiger partial charge in [-0.1, -0.05) is 17.7 Å². The predicted molar refractivity (Wildman–Crippen MR) is 85.1 cm³/mol. The van der Waals surface area contributed by atoms with Crippen molar-refractivity contribution in [1.82, 2.24) is 9.88 Å². The van der Waals surface area contributed by atoms with E-state index in [4.69, 9.17) is 17.3 Å². The second kappa shape index (κ2) is 6.59. The predicted octanol–water partition coefficient (Wildman–Crippen LogP) is 3.37. The van der Waals surface area contributed by atoms with E-state index in [1.54, 1.807) is 35.5 Å². The van der Waals surface area contributed by atoms with E-state index in [1.807, 2.05) is 26.0 Å². The molecule has 0 aliphatic rings. The van der Waals surface area contributed by atoms with Crippen LogP contribution in [0.4, 0.5) is 5.69 Å². The van der Waals surface area contributed by atoms with Crippen molar-refractivity contribution in [3.8, 4) is 0 Å². The van der Waals surface area contributed by atoms with Gasteiger partial charge in [0, 0.05) is 30.7 Å². The number of carbonyl (C=O) groups excluding carboxylic acids is 1. The van der Waals surface area contributed by atoms with Crippen molar-refractivity contribution in [2.75, 3.05) is 5.73 Å². The maximum Gasteiger partial charge on any atom is 0.255 e. The molecule has 2 aromatic rings. The lowest BCUT2D eigenvalue weighted by Crippen LogP contribution is -2.36. The van der Waals surface area contributed by atoms with Crippen LogP contribution in [-0.4, -0.2) is 21.8 Å². The van der Waals surface area contributed by atoms with E-state index in [-0.39, 0.29) is 11.9 Å². The summed E-state index contributed by atoms with van der Waals surface area (Å²) in [5.74, 6) is -0.112. The fraction of sp³-hybridized carbons (Fsp3) is 0.250. The molecular weight excluding hydrogens is 286 g/mol. The van der Waals surface area contributed by atoms with Gasteiger partial charge >= 0.3 is 0 Å². The largest absolute Gasteiger partial charge is 0.399 e. The Bertz CT molecular complexity index is 629. The third-order valence-electron chi connectivity index (χ3n) is 3.18. The number of benzene rings is 1. The molecule has 0 saturated carbocycles. The molecule has 1 heterocycles. The van der Waals surface area contributed by atoms with Crippen LogP contribution in [0.15, 0.2) is 42.7 Å². The maximum atomic E-state index is 12.7. The van der Waals surface area contributed by atoms with Gasteiger partial charge in [-0.05, 0) is 43.7 Å². The SMILES string of the molecule is CC(C)N(Cc1cccnc1)C(=O)c1ccc(N)cc1Cl. The van der Waals surface area contributed by atoms with Crippen molar-refractivity contribution in [3.05, 3.63) is 58.9 Å². The normalized spacial score (nSPS) is 10.7. The van der Waals surface area contributed by atoms with Gasteiger partial charge in [-0.2, -0.15) is 0 Å². The van der Waals surface area contributed by atoms with E-state index >= 15 is 0 Å². The number of anilines is 1. The summed E-state index contributed by atoms with van der Waals surface area (Å²) in [6.45, 7) is 4.43. The fourth-order valence-electron chi connectivity index (χ4n) is 2.04. The molecule has 1 aromatic heterocycles. The quantitative estimate of drug-likeness (QED) is 0.881. The zero-order chi connectivity index (χ0) is 15.4. The first-order valence-corrected chi connectivity index (χ1v) is 7.11. The highest BCUT2D eigenvalue weighted by molar-refractivity contribution is 6.34. The van der Waals surface area contributed by atoms with Gasteiger partial charge in [0.1, 0.15) is 0 Å². The maximum absolute atomic E-state index is 12.7. The molecule has 110 valence electrons. The smallest absolute Gasteiger partial charge is 0.255 e. The summed E-state index contributed by atoms with van der Waals surface area (Å²) < 4.78 is 0. The van der Waals surface area contributed by atoms with Crippen LogP contribution in [0, 0.1) is 0 Å². The number of hydrogen-bond acceptors (Lipinski definition) is 3. The highest BCUT2D eigenvalue weighted by atomic mass is 35.5. The number of pyridine rings is 1. The van der Waals surface area contributed by atoms with Gasteiger partial charge in [-0.25, -0.2) is 0 Å². The first-order chi connectivity index (χ1) is 9.99. The molecule has 1 amide bonds. The summed E-state index contributed by atoms with van der Waals surface area (Å²) in [6, 6.07) is 8.79. The lowest BCUT2D eigenvalue weighted by atomic mass is 10.1. The Hall–Kier alpha value is -2.07. The number of nitrogens with zero attached hydrogens (tertiary/aromatic N) is 2. The Kier molecular flexibility index (Phi) is 4.81. The summed E-state index contributed by atoms with van der Waals surface area (Å²) in [6.07, 6.45) is 3.47. The molecule has 4 nitrogen and oxygen atoms in total. The summed E-state index contributed by atoms with van der Waals surface area (Å²) >= 11 is 6.14. The van der Waals surface area contributed by atoms with E-state index < -0.39 is 0 Å². The average Bonchev–Trinajstić information content (AvgIpc) is 2.45. The number of aromatic nitrogens is 1. The van der Waals surface area contributed by atoms with E-state index in [0.717, 1.165) is 5.56 Å². The van der Waals surface area contributed by atoms with E-state index in [1.165, 1.54) is 0 Å². The number of rotatable bonds is 4. The number of nitrogen functional groups attached to an aromatic ring is 1. The van der Waals surface area contributed by atoms with Crippen molar-refractivity contribution in [1.29, 1.82) is 0 Å². The van der Waals surface area contributed by atoms with Crippen molar-refractivity contribution >= 4 is 23.2 Å². The molecule has 21 heavy (non-hydrogen) atoms. The number of hydrogen-bond donors (Lipinski definition) is 1. The summed E-state index contributed by atoms with van der Waals surface area (Å²) in [5.41, 5.74) is 7.65. The molecule has 0 radical (unpaired) electrons. The molecule has 0 aliphatic carbocycles. The zero-order valence-electron chi connectivity index (χ0n) is 12.1. The molecule has 0 spiro atoms. The van der Waals surface area contributed by atoms with Gasteiger partial charge in [0.2, 0.25) is 0 Å². The standard InChI is InChI=1S/C16H18ClN3O/c1-11(2)20(10-12-4-3-7-19-9-12)16(21)14-6-5-13(18)8-15(14)17/h3-9,11H,10,18H2,1-2H3. The van der Waals surface area contributed by atoms with Crippen LogP contribution in [-0.2, 0) is 6.54 Å². The van der Waals surface area contributed by atoms with Gasteiger partial charge in [0.15, 0.2) is 0 Å². The summed E-state index contributed by atoms with van der Waals surface area (Å²) in [5, 5.41) is 0.372. The van der Waals surface area contributed by atoms with Gasteiger partial charge in [0.05, 0.1) is 10.6 Å². The number of amides is 1. The van der Waals surface area contributed by atoms with Crippen LogP contribution >= 0.6 is 11.6 Å². The van der Waals surface area contributed by atoms with Gasteiger partial charge in [-0.15, -0.1) is 0 Å². The molecule has 0 saturated heterocycles. The van der Waals surface area contributed by atoms with E-state index in [2.05, 4.69) is 4.98 Å². The van der Waals surface area contributed by atoms with Gasteiger partial charge < -0.3 is 10.6 Å². The van der Waals surface area contributed by atoms with Crippen molar-refractivity contribution in [2.45, 2.75) is 26.4 Å². The fourth-order valence-corrected chi connectivity index (χ4v) is 2.31. The van der Waals surface area contributed by atoms with Crippen LogP contribution in [0.3, 0.4) is 0 Å². The first kappa shape index (κ1) is 15.3. The Morgan fingerprint density at radius 3 is 2.71 bits per heavy atom. The molecule has 0 unspecified atom stereocenters. The van der Waals surface area contributed by atoms with E-state index in [9.17, 15) is 4.79 Å². The molecule has 1 aromatic carbocycles. The Labute approximate surface area is 129 Å². The van der Waals surface area contributed by atoms with Crippen LogP contribution in [0.25, 0.3) is 0 Å². The molecule has 0 bridgehead atoms. The Balaban J connectivity index is 2.27. The molecular formula is C16H18ClN3O. The lowest BCUT2D eigenvalue weighted by Gasteiger charge is -2.27. The zero-order valence-corrected chi connectivity index (χ0v) is 12.8. The first-order valence-electron chi connectivity index (χ1n) is 6.74. The van der Waals surface area contributed by atoms with Crippen molar-refractivity contribution in [3.63, 3.8) is 0 Å².